The maximum Gasteiger partial charge on any atom is 0.411 e. The predicted molar refractivity (Wildman–Crippen MR) is 112 cm³/mol. The van der Waals surface area contributed by atoms with Gasteiger partial charge in [0.15, 0.2) is 5.96 Å². The predicted octanol–water partition coefficient (Wildman–Crippen LogP) is 2.86. The molecule has 1 amide bonds. The highest BCUT2D eigenvalue weighted by Crippen LogP contribution is 2.34. The number of ether oxygens (including phenoxy) is 2. The Labute approximate surface area is 171 Å². The molecule has 144 valence electrons. The summed E-state index contributed by atoms with van der Waals surface area (Å²) in [5.41, 5.74) is 1.76. The number of methoxy groups -OCH3 is 1. The molecule has 26 heavy (non-hydrogen) atoms. The van der Waals surface area contributed by atoms with Crippen molar-refractivity contribution in [3.05, 3.63) is 29.8 Å². The lowest BCUT2D eigenvalue weighted by Crippen LogP contribution is -2.47. The zero-order chi connectivity index (χ0) is 17.6. The molecule has 8 heteroatoms. The fraction of sp³-hybridized carbons (Fsp3) is 0.556. The van der Waals surface area contributed by atoms with Crippen molar-refractivity contribution in [1.29, 1.82) is 0 Å². The topological polar surface area (TPSA) is 84.0 Å². The van der Waals surface area contributed by atoms with E-state index in [4.69, 9.17) is 4.74 Å². The number of hydrogen-bond acceptors (Lipinski definition) is 4. The Morgan fingerprint density at radius 3 is 2.65 bits per heavy atom. The second-order valence-corrected chi connectivity index (χ2v) is 6.37. The lowest BCUT2D eigenvalue weighted by Gasteiger charge is -2.22. The van der Waals surface area contributed by atoms with Crippen LogP contribution >= 0.6 is 24.0 Å². The van der Waals surface area contributed by atoms with E-state index in [0.717, 1.165) is 30.9 Å². The average Bonchev–Trinajstić information content (AvgIpc) is 3.24. The largest absolute Gasteiger partial charge is 0.453 e. The minimum Gasteiger partial charge on any atom is -0.453 e. The quantitative estimate of drug-likeness (QED) is 0.347. The number of carbonyl (C=O) groups excluding carboxylic acids is 1. The van der Waals surface area contributed by atoms with Crippen LogP contribution in [0.4, 0.5) is 10.5 Å². The Balaban J connectivity index is 0.00000243. The minimum atomic E-state index is -0.475. The first-order valence-electron chi connectivity index (χ1n) is 8.82. The third kappa shape index (κ3) is 5.47. The monoisotopic (exact) mass is 474 g/mol. The number of anilines is 1. The van der Waals surface area contributed by atoms with Gasteiger partial charge in [-0.05, 0) is 43.9 Å². The molecule has 2 fully saturated rings. The van der Waals surface area contributed by atoms with Crippen LogP contribution in [0.25, 0.3) is 0 Å². The number of carbonyl (C=O) groups is 1. The van der Waals surface area contributed by atoms with Crippen molar-refractivity contribution < 1.29 is 14.3 Å². The van der Waals surface area contributed by atoms with E-state index >= 15 is 0 Å². The summed E-state index contributed by atoms with van der Waals surface area (Å²) in [5.74, 6) is 0.820. The van der Waals surface area contributed by atoms with Gasteiger partial charge < -0.3 is 20.1 Å². The van der Waals surface area contributed by atoms with Crippen LogP contribution in [-0.2, 0) is 16.0 Å². The van der Waals surface area contributed by atoms with Crippen molar-refractivity contribution in [1.82, 2.24) is 10.6 Å². The summed E-state index contributed by atoms with van der Waals surface area (Å²) in [6, 6.07) is 7.92. The molecule has 1 aromatic rings. The van der Waals surface area contributed by atoms with E-state index in [1.807, 2.05) is 24.3 Å². The van der Waals surface area contributed by atoms with Gasteiger partial charge in [0.25, 0.3) is 0 Å². The van der Waals surface area contributed by atoms with E-state index in [9.17, 15) is 4.79 Å². The van der Waals surface area contributed by atoms with Crippen molar-refractivity contribution in [2.24, 2.45) is 4.99 Å². The molecular formula is C18H27IN4O3. The van der Waals surface area contributed by atoms with Crippen molar-refractivity contribution in [2.45, 2.75) is 51.0 Å². The Hall–Kier alpha value is -1.55. The molecule has 3 rings (SSSR count). The van der Waals surface area contributed by atoms with Crippen LogP contribution in [0.5, 0.6) is 0 Å². The number of aliphatic imine (C=N–C) groups is 1. The molecule has 2 heterocycles. The van der Waals surface area contributed by atoms with Crippen LogP contribution < -0.4 is 16.0 Å². The van der Waals surface area contributed by atoms with Crippen molar-refractivity contribution >= 4 is 41.7 Å². The summed E-state index contributed by atoms with van der Waals surface area (Å²) < 4.78 is 10.5. The molecule has 2 saturated heterocycles. The van der Waals surface area contributed by atoms with Gasteiger partial charge in [0.1, 0.15) is 0 Å². The molecule has 0 aromatic heterocycles. The zero-order valence-corrected chi connectivity index (χ0v) is 17.5. The number of benzene rings is 1. The lowest BCUT2D eigenvalue weighted by atomic mass is 9.96. The molecule has 0 saturated carbocycles. The van der Waals surface area contributed by atoms with E-state index in [0.29, 0.717) is 30.5 Å². The third-order valence-electron chi connectivity index (χ3n) is 4.58. The van der Waals surface area contributed by atoms with Gasteiger partial charge >= 0.3 is 6.09 Å². The first-order valence-corrected chi connectivity index (χ1v) is 8.82. The molecule has 2 aliphatic heterocycles. The molecule has 7 nitrogen and oxygen atoms in total. The van der Waals surface area contributed by atoms with Crippen molar-refractivity contribution in [3.63, 3.8) is 0 Å². The summed E-state index contributed by atoms with van der Waals surface area (Å²) >= 11 is 0. The summed E-state index contributed by atoms with van der Waals surface area (Å²) in [7, 11) is 1.34. The Morgan fingerprint density at radius 2 is 2.08 bits per heavy atom. The highest BCUT2D eigenvalue weighted by Gasteiger charge is 2.41. The van der Waals surface area contributed by atoms with Crippen molar-refractivity contribution in [2.75, 3.05) is 19.0 Å². The molecular weight excluding hydrogens is 447 g/mol. The second-order valence-electron chi connectivity index (χ2n) is 6.37. The average molecular weight is 474 g/mol. The molecule has 2 aliphatic rings. The first kappa shape index (κ1) is 20.8. The minimum absolute atomic E-state index is 0. The fourth-order valence-corrected chi connectivity index (χ4v) is 3.32. The van der Waals surface area contributed by atoms with Gasteiger partial charge in [-0.15, -0.1) is 24.0 Å². The van der Waals surface area contributed by atoms with Gasteiger partial charge in [-0.2, -0.15) is 0 Å². The second kappa shape index (κ2) is 9.96. The summed E-state index contributed by atoms with van der Waals surface area (Å²) in [6.07, 6.45) is 3.64. The van der Waals surface area contributed by atoms with Crippen LogP contribution in [0, 0.1) is 0 Å². The fourth-order valence-electron chi connectivity index (χ4n) is 3.32. The smallest absolute Gasteiger partial charge is 0.411 e. The van der Waals surface area contributed by atoms with Gasteiger partial charge in [-0.25, -0.2) is 9.79 Å². The molecule has 3 unspecified atom stereocenters. The number of fused-ring (bicyclic) bond motifs is 2. The maximum atomic E-state index is 11.2. The SMILES string of the molecule is CCNC(=NCc1ccc(NC(=O)OC)cc1)NC1CC2CCC1O2.I. The maximum absolute atomic E-state index is 11.2. The summed E-state index contributed by atoms with van der Waals surface area (Å²) in [4.78, 5) is 15.9. The Morgan fingerprint density at radius 1 is 1.31 bits per heavy atom. The Bertz CT molecular complexity index is 623. The lowest BCUT2D eigenvalue weighted by molar-refractivity contribution is 0.0992. The molecule has 3 N–H and O–H groups in total. The number of nitrogens with zero attached hydrogens (tertiary/aromatic N) is 1. The highest BCUT2D eigenvalue weighted by atomic mass is 127. The van der Waals surface area contributed by atoms with Crippen LogP contribution in [0.3, 0.4) is 0 Å². The normalized spacial score (nSPS) is 23.9. The zero-order valence-electron chi connectivity index (χ0n) is 15.2. The number of nitrogens with one attached hydrogen (secondary N) is 3. The van der Waals surface area contributed by atoms with Gasteiger partial charge in [0.2, 0.25) is 0 Å². The number of amides is 1. The van der Waals surface area contributed by atoms with E-state index in [-0.39, 0.29) is 24.0 Å². The molecule has 2 bridgehead atoms. The van der Waals surface area contributed by atoms with Crippen LogP contribution in [0.1, 0.15) is 31.7 Å². The summed E-state index contributed by atoms with van der Waals surface area (Å²) in [6.45, 7) is 3.44. The molecule has 0 radical (unpaired) electrons. The number of guanidine groups is 1. The van der Waals surface area contributed by atoms with Gasteiger partial charge in [-0.3, -0.25) is 5.32 Å². The van der Waals surface area contributed by atoms with E-state index < -0.39 is 6.09 Å². The Kier molecular flexibility index (Phi) is 7.95. The number of halogens is 1. The van der Waals surface area contributed by atoms with Crippen LogP contribution in [0.15, 0.2) is 29.3 Å². The molecule has 3 atom stereocenters. The van der Waals surface area contributed by atoms with Gasteiger partial charge in [0, 0.05) is 12.2 Å². The third-order valence-corrected chi connectivity index (χ3v) is 4.58. The van der Waals surface area contributed by atoms with Crippen molar-refractivity contribution in [3.8, 4) is 0 Å². The number of rotatable bonds is 5. The van der Waals surface area contributed by atoms with E-state index in [2.05, 4.69) is 32.6 Å². The van der Waals surface area contributed by atoms with Crippen LogP contribution in [0.2, 0.25) is 0 Å². The highest BCUT2D eigenvalue weighted by molar-refractivity contribution is 14.0. The van der Waals surface area contributed by atoms with E-state index in [1.165, 1.54) is 13.5 Å². The molecule has 1 aromatic carbocycles. The van der Waals surface area contributed by atoms with E-state index in [1.54, 1.807) is 0 Å². The van der Waals surface area contributed by atoms with Gasteiger partial charge in [-0.1, -0.05) is 12.1 Å². The summed E-state index contributed by atoms with van der Waals surface area (Å²) in [5, 5.41) is 9.43. The molecule has 0 spiro atoms. The number of hydrogen-bond donors (Lipinski definition) is 3. The van der Waals surface area contributed by atoms with Gasteiger partial charge in [0.05, 0.1) is 31.9 Å². The standard InChI is InChI=1S/C18H26N4O3.HI/c1-3-19-17(22-15-10-14-8-9-16(15)25-14)20-11-12-4-6-13(7-5-12)21-18(23)24-2;/h4-7,14-16H,3,8-11H2,1-2H3,(H,21,23)(H2,19,20,22);1H. The first-order chi connectivity index (χ1) is 12.2. The molecule has 0 aliphatic carbocycles. The van der Waals surface area contributed by atoms with Crippen LogP contribution in [-0.4, -0.2) is 44.0 Å².